The third-order valence-corrected chi connectivity index (χ3v) is 9.42. The number of piperidine rings is 1. The smallest absolute Gasteiger partial charge is 0.237 e. The van der Waals surface area contributed by atoms with Crippen molar-refractivity contribution in [3.63, 3.8) is 0 Å². The monoisotopic (exact) mass is 450 g/mol. The summed E-state index contributed by atoms with van der Waals surface area (Å²) >= 11 is 0. The van der Waals surface area contributed by atoms with Crippen molar-refractivity contribution in [2.75, 3.05) is 24.5 Å². The molecular weight excluding hydrogens is 416 g/mol. The Morgan fingerprint density at radius 1 is 0.853 bits per heavy atom. The summed E-state index contributed by atoms with van der Waals surface area (Å²) in [6.45, 7) is 2.90. The second-order valence-electron chi connectivity index (χ2n) is 11.1. The van der Waals surface area contributed by atoms with E-state index in [9.17, 15) is 4.79 Å². The first-order chi connectivity index (χ1) is 16.7. The van der Waals surface area contributed by atoms with Gasteiger partial charge in [0.2, 0.25) is 5.91 Å². The zero-order valence-electron chi connectivity index (χ0n) is 20.0. The number of para-hydroxylation sites is 1. The quantitative estimate of drug-likeness (QED) is 0.461. The van der Waals surface area contributed by atoms with Crippen LogP contribution in [0.25, 0.3) is 10.8 Å². The highest BCUT2D eigenvalue weighted by Gasteiger charge is 2.52. The molecule has 1 saturated carbocycles. The molecule has 4 aliphatic rings. The van der Waals surface area contributed by atoms with E-state index in [-0.39, 0.29) is 5.41 Å². The van der Waals surface area contributed by atoms with E-state index in [1.54, 1.807) is 0 Å². The van der Waals surface area contributed by atoms with Crippen LogP contribution in [0.5, 0.6) is 0 Å². The van der Waals surface area contributed by atoms with Crippen molar-refractivity contribution >= 4 is 22.4 Å². The molecule has 2 fully saturated rings. The molecule has 2 aliphatic carbocycles. The predicted molar refractivity (Wildman–Crippen MR) is 138 cm³/mol. The lowest BCUT2D eigenvalue weighted by Gasteiger charge is -2.41. The van der Waals surface area contributed by atoms with Crippen molar-refractivity contribution in [2.24, 2.45) is 5.92 Å². The molecule has 174 valence electrons. The number of carbonyl (C=O) groups is 1. The lowest BCUT2D eigenvalue weighted by molar-refractivity contribution is -0.125. The number of anilines is 1. The summed E-state index contributed by atoms with van der Waals surface area (Å²) in [5.41, 5.74) is 5.15. The minimum absolute atomic E-state index is 0.320. The molecule has 7 rings (SSSR count). The minimum Gasteiger partial charge on any atom is -0.311 e. The Morgan fingerprint density at radius 3 is 2.44 bits per heavy atom. The molecule has 3 aromatic rings. The van der Waals surface area contributed by atoms with Gasteiger partial charge in [-0.05, 0) is 71.6 Å². The molecule has 1 unspecified atom stereocenters. The van der Waals surface area contributed by atoms with Crippen molar-refractivity contribution in [1.29, 1.82) is 0 Å². The Labute approximate surface area is 202 Å². The summed E-state index contributed by atoms with van der Waals surface area (Å²) < 4.78 is 0. The molecule has 0 radical (unpaired) electrons. The maximum Gasteiger partial charge on any atom is 0.237 e. The zero-order chi connectivity index (χ0) is 22.7. The number of hydrogen-bond acceptors (Lipinski definition) is 2. The Balaban J connectivity index is 1.15. The van der Waals surface area contributed by atoms with Gasteiger partial charge in [0.25, 0.3) is 0 Å². The van der Waals surface area contributed by atoms with Gasteiger partial charge in [0.05, 0.1) is 5.41 Å². The molecule has 3 heteroatoms. The third kappa shape index (κ3) is 3.02. The normalized spacial score (nSPS) is 24.3. The number of fused-ring (bicyclic) bond motifs is 2. The Hall–Kier alpha value is -2.65. The molecule has 3 nitrogen and oxygen atoms in total. The maximum absolute atomic E-state index is 14.1. The van der Waals surface area contributed by atoms with Gasteiger partial charge in [-0.3, -0.25) is 9.69 Å². The number of nitrogens with zero attached hydrogens (tertiary/aromatic N) is 2. The van der Waals surface area contributed by atoms with Crippen LogP contribution in [0.2, 0.25) is 0 Å². The maximum atomic E-state index is 14.1. The lowest BCUT2D eigenvalue weighted by atomic mass is 9.73. The van der Waals surface area contributed by atoms with Crippen LogP contribution in [-0.2, 0) is 16.6 Å². The van der Waals surface area contributed by atoms with Crippen LogP contribution in [0.3, 0.4) is 0 Å². The van der Waals surface area contributed by atoms with E-state index in [4.69, 9.17) is 0 Å². The number of amides is 1. The van der Waals surface area contributed by atoms with Gasteiger partial charge in [-0.15, -0.1) is 0 Å². The molecule has 1 atom stereocenters. The summed E-state index contributed by atoms with van der Waals surface area (Å²) in [7, 11) is 0. The summed E-state index contributed by atoms with van der Waals surface area (Å²) in [5.74, 6) is 1.05. The summed E-state index contributed by atoms with van der Waals surface area (Å²) in [5, 5.41) is 2.83. The Kier molecular flexibility index (Phi) is 4.84. The van der Waals surface area contributed by atoms with Crippen molar-refractivity contribution in [3.05, 3.63) is 77.4 Å². The molecule has 0 aromatic heterocycles. The fraction of sp³-hybridized carbons (Fsp3) is 0.452. The van der Waals surface area contributed by atoms with Gasteiger partial charge in [0, 0.05) is 31.4 Å². The predicted octanol–water partition coefficient (Wildman–Crippen LogP) is 6.40. The molecule has 2 heterocycles. The largest absolute Gasteiger partial charge is 0.311 e. The van der Waals surface area contributed by atoms with Gasteiger partial charge < -0.3 is 4.90 Å². The van der Waals surface area contributed by atoms with E-state index in [2.05, 4.69) is 70.5 Å². The first kappa shape index (κ1) is 20.7. The van der Waals surface area contributed by atoms with Gasteiger partial charge in [0.1, 0.15) is 0 Å². The van der Waals surface area contributed by atoms with Crippen LogP contribution in [-0.4, -0.2) is 30.4 Å². The molecule has 2 aliphatic heterocycles. The minimum atomic E-state index is -0.320. The van der Waals surface area contributed by atoms with Gasteiger partial charge >= 0.3 is 0 Å². The van der Waals surface area contributed by atoms with E-state index >= 15 is 0 Å². The van der Waals surface area contributed by atoms with Gasteiger partial charge in [-0.25, -0.2) is 0 Å². The van der Waals surface area contributed by atoms with Gasteiger partial charge in [0.15, 0.2) is 0 Å². The molecule has 3 aromatic carbocycles. The number of carbonyl (C=O) groups excluding carboxylic acids is 1. The van der Waals surface area contributed by atoms with Crippen molar-refractivity contribution in [1.82, 2.24) is 4.90 Å². The molecule has 1 amide bonds. The SMILES string of the molecule is O=C1N(CC2CCCCC2)c2ccccc2C12CCN(C1Cc3cccc4cccc1c34)CC2. The van der Waals surface area contributed by atoms with Crippen molar-refractivity contribution < 1.29 is 4.79 Å². The summed E-state index contributed by atoms with van der Waals surface area (Å²) in [4.78, 5) is 18.9. The number of likely N-dealkylation sites (tertiary alicyclic amines) is 1. The third-order valence-electron chi connectivity index (χ3n) is 9.42. The van der Waals surface area contributed by atoms with E-state index in [0.717, 1.165) is 38.9 Å². The molecule has 34 heavy (non-hydrogen) atoms. The van der Waals surface area contributed by atoms with E-state index in [1.807, 2.05) is 0 Å². The van der Waals surface area contributed by atoms with Crippen LogP contribution >= 0.6 is 0 Å². The van der Waals surface area contributed by atoms with Crippen LogP contribution in [0.1, 0.15) is 67.7 Å². The van der Waals surface area contributed by atoms with Crippen molar-refractivity contribution in [3.8, 4) is 0 Å². The van der Waals surface area contributed by atoms with Crippen LogP contribution < -0.4 is 4.90 Å². The summed E-state index contributed by atoms with van der Waals surface area (Å²) in [6, 6.07) is 22.7. The van der Waals surface area contributed by atoms with E-state index in [1.165, 1.54) is 65.3 Å². The molecule has 0 bridgehead atoms. The van der Waals surface area contributed by atoms with Crippen LogP contribution in [0.15, 0.2) is 60.7 Å². The molecule has 0 N–H and O–H groups in total. The Bertz CT molecular complexity index is 1240. The lowest BCUT2D eigenvalue weighted by Crippen LogP contribution is -2.50. The van der Waals surface area contributed by atoms with E-state index in [0.29, 0.717) is 17.9 Å². The second-order valence-corrected chi connectivity index (χ2v) is 11.1. The zero-order valence-corrected chi connectivity index (χ0v) is 20.0. The average molecular weight is 451 g/mol. The standard InChI is InChI=1S/C31H34N2O/c34-30-31(26-14-4-5-15-27(26)33(30)21-22-8-2-1-3-9-22)16-18-32(19-17-31)28-20-24-12-6-10-23-11-7-13-25(28)29(23)24/h4-7,10-15,22,28H,1-3,8-9,16-21H2. The van der Waals surface area contributed by atoms with Gasteiger partial charge in [-0.2, -0.15) is 0 Å². The van der Waals surface area contributed by atoms with Crippen LogP contribution in [0, 0.1) is 5.92 Å². The topological polar surface area (TPSA) is 23.6 Å². The number of hydrogen-bond donors (Lipinski definition) is 0. The molecule has 1 spiro atoms. The highest BCUT2D eigenvalue weighted by molar-refractivity contribution is 6.08. The van der Waals surface area contributed by atoms with E-state index < -0.39 is 0 Å². The Morgan fingerprint density at radius 2 is 1.62 bits per heavy atom. The fourth-order valence-corrected chi connectivity index (χ4v) is 7.65. The average Bonchev–Trinajstić information content (AvgIpc) is 3.37. The number of rotatable bonds is 3. The highest BCUT2D eigenvalue weighted by Crippen LogP contribution is 2.50. The first-order valence-electron chi connectivity index (χ1n) is 13.4. The highest BCUT2D eigenvalue weighted by atomic mass is 16.2. The summed E-state index contributed by atoms with van der Waals surface area (Å²) in [6.07, 6.45) is 9.54. The first-order valence-corrected chi connectivity index (χ1v) is 13.4. The molecule has 1 saturated heterocycles. The second kappa shape index (κ2) is 7.95. The molecular formula is C31H34N2O. The van der Waals surface area contributed by atoms with Gasteiger partial charge in [-0.1, -0.05) is 73.9 Å². The van der Waals surface area contributed by atoms with Crippen LogP contribution in [0.4, 0.5) is 5.69 Å². The number of benzene rings is 3. The van der Waals surface area contributed by atoms with Crippen molar-refractivity contribution in [2.45, 2.75) is 62.8 Å². The fourth-order valence-electron chi connectivity index (χ4n) is 7.65.